The lowest BCUT2D eigenvalue weighted by Crippen LogP contribution is -2.25. The molecule has 2 aliphatic rings. The first-order chi connectivity index (χ1) is 15.7. The molecule has 1 aliphatic heterocycles. The van der Waals surface area contributed by atoms with E-state index in [0.29, 0.717) is 0 Å². The van der Waals surface area contributed by atoms with Crippen molar-refractivity contribution in [3.8, 4) is 11.4 Å². The molecule has 0 amide bonds. The molecule has 1 fully saturated rings. The zero-order chi connectivity index (χ0) is 21.5. The van der Waals surface area contributed by atoms with Crippen molar-refractivity contribution in [2.45, 2.75) is 37.8 Å². The average molecular weight is 421 g/mol. The fourth-order valence-electron chi connectivity index (χ4n) is 4.95. The van der Waals surface area contributed by atoms with E-state index in [1.165, 1.54) is 11.1 Å². The predicted molar refractivity (Wildman–Crippen MR) is 123 cm³/mol. The lowest BCUT2D eigenvalue weighted by Gasteiger charge is -2.24. The summed E-state index contributed by atoms with van der Waals surface area (Å²) in [6.07, 6.45) is 3.04. The topological polar surface area (TPSA) is 44.2 Å². The summed E-state index contributed by atoms with van der Waals surface area (Å²) < 4.78 is 13.7. The van der Waals surface area contributed by atoms with Crippen LogP contribution in [0.2, 0.25) is 0 Å². The van der Waals surface area contributed by atoms with E-state index in [1.54, 1.807) is 6.20 Å². The second-order valence-corrected chi connectivity index (χ2v) is 8.52. The Morgan fingerprint density at radius 2 is 1.41 bits per heavy atom. The van der Waals surface area contributed by atoms with Gasteiger partial charge in [-0.1, -0.05) is 66.7 Å². The van der Waals surface area contributed by atoms with Crippen LogP contribution in [0.1, 0.15) is 46.6 Å². The highest BCUT2D eigenvalue weighted by Gasteiger charge is 2.54. The summed E-state index contributed by atoms with van der Waals surface area (Å²) in [6, 6.07) is 28.7. The van der Waals surface area contributed by atoms with E-state index in [2.05, 4.69) is 66.5 Å². The summed E-state index contributed by atoms with van der Waals surface area (Å²) >= 11 is 0. The number of fused-ring (bicyclic) bond motifs is 2. The number of aromatic nitrogens is 2. The molecule has 2 aromatic heterocycles. The molecule has 4 aromatic rings. The van der Waals surface area contributed by atoms with Gasteiger partial charge in [-0.2, -0.15) is 0 Å². The van der Waals surface area contributed by atoms with Crippen molar-refractivity contribution in [1.82, 2.24) is 9.97 Å². The number of hydrogen-bond acceptors (Lipinski definition) is 4. The number of benzene rings is 2. The van der Waals surface area contributed by atoms with Gasteiger partial charge in [0.25, 0.3) is 0 Å². The van der Waals surface area contributed by atoms with E-state index in [0.717, 1.165) is 41.1 Å². The maximum atomic E-state index is 6.83. The van der Waals surface area contributed by atoms with Crippen LogP contribution in [0.3, 0.4) is 0 Å². The molecule has 3 heterocycles. The van der Waals surface area contributed by atoms with Gasteiger partial charge in [-0.3, -0.25) is 4.98 Å². The highest BCUT2D eigenvalue weighted by Crippen LogP contribution is 2.56. The Kier molecular flexibility index (Phi) is 4.63. The number of hydrogen-bond donors (Lipinski definition) is 0. The third kappa shape index (κ3) is 3.15. The smallest absolute Gasteiger partial charge is 0.214 e. The van der Waals surface area contributed by atoms with Gasteiger partial charge in [0, 0.05) is 12.6 Å². The molecule has 4 nitrogen and oxygen atoms in total. The van der Waals surface area contributed by atoms with Gasteiger partial charge in [0.05, 0.1) is 11.4 Å². The van der Waals surface area contributed by atoms with Crippen LogP contribution in [0, 0.1) is 6.92 Å². The maximum Gasteiger partial charge on any atom is 0.214 e. The molecule has 2 atom stereocenters. The molecule has 0 bridgehead atoms. The van der Waals surface area contributed by atoms with E-state index < -0.39 is 5.79 Å². The Morgan fingerprint density at radius 1 is 0.781 bits per heavy atom. The van der Waals surface area contributed by atoms with Crippen molar-refractivity contribution in [1.29, 1.82) is 0 Å². The van der Waals surface area contributed by atoms with Gasteiger partial charge < -0.3 is 9.47 Å². The van der Waals surface area contributed by atoms with Crippen LogP contribution in [-0.2, 0) is 21.7 Å². The largest absolute Gasteiger partial charge is 0.333 e. The molecule has 6 rings (SSSR count). The second-order valence-electron chi connectivity index (χ2n) is 8.52. The Labute approximate surface area is 187 Å². The SMILES string of the molecule is Cc1cc(-c2ccccn2)nc2c1CCC21O[C@@H](c2ccccc2)[C@H](c2ccccc2)O1. The molecule has 158 valence electrons. The van der Waals surface area contributed by atoms with Crippen LogP contribution < -0.4 is 0 Å². The zero-order valence-electron chi connectivity index (χ0n) is 17.9. The van der Waals surface area contributed by atoms with Gasteiger partial charge in [0.2, 0.25) is 5.79 Å². The quantitative estimate of drug-likeness (QED) is 0.403. The number of rotatable bonds is 3. The summed E-state index contributed by atoms with van der Waals surface area (Å²) in [4.78, 5) is 9.57. The number of nitrogens with zero attached hydrogens (tertiary/aromatic N) is 2. The average Bonchev–Trinajstić information content (AvgIpc) is 3.43. The van der Waals surface area contributed by atoms with E-state index in [1.807, 2.05) is 30.3 Å². The molecular weight excluding hydrogens is 396 g/mol. The summed E-state index contributed by atoms with van der Waals surface area (Å²) in [7, 11) is 0. The lowest BCUT2D eigenvalue weighted by atomic mass is 9.99. The zero-order valence-corrected chi connectivity index (χ0v) is 17.9. The normalized spacial score (nSPS) is 21.0. The molecule has 0 radical (unpaired) electrons. The molecule has 1 saturated heterocycles. The van der Waals surface area contributed by atoms with Gasteiger partial charge >= 0.3 is 0 Å². The fourth-order valence-corrected chi connectivity index (χ4v) is 4.95. The van der Waals surface area contributed by atoms with Crippen LogP contribution in [0.25, 0.3) is 11.4 Å². The predicted octanol–water partition coefficient (Wildman–Crippen LogP) is 6.08. The fraction of sp³-hybridized carbons (Fsp3) is 0.214. The molecule has 4 heteroatoms. The molecule has 0 unspecified atom stereocenters. The second kappa shape index (κ2) is 7.66. The van der Waals surface area contributed by atoms with Gasteiger partial charge in [-0.15, -0.1) is 0 Å². The van der Waals surface area contributed by atoms with Crippen LogP contribution in [0.15, 0.2) is 91.1 Å². The van der Waals surface area contributed by atoms with Crippen molar-refractivity contribution in [3.05, 3.63) is 119 Å². The number of pyridine rings is 2. The summed E-state index contributed by atoms with van der Waals surface area (Å²) in [5.41, 5.74) is 7.28. The third-order valence-electron chi connectivity index (χ3n) is 6.51. The molecule has 1 spiro atoms. The van der Waals surface area contributed by atoms with Crippen molar-refractivity contribution in [2.24, 2.45) is 0 Å². The third-order valence-corrected chi connectivity index (χ3v) is 6.51. The van der Waals surface area contributed by atoms with Gasteiger partial charge in [0.1, 0.15) is 17.9 Å². The van der Waals surface area contributed by atoms with E-state index in [4.69, 9.17) is 14.5 Å². The Bertz CT molecular complexity index is 1200. The first kappa shape index (κ1) is 19.4. The first-order valence-electron chi connectivity index (χ1n) is 11.1. The Hall–Kier alpha value is -3.34. The minimum absolute atomic E-state index is 0.204. The summed E-state index contributed by atoms with van der Waals surface area (Å²) in [5, 5.41) is 0. The van der Waals surface area contributed by atoms with Crippen molar-refractivity contribution < 1.29 is 9.47 Å². The van der Waals surface area contributed by atoms with E-state index >= 15 is 0 Å². The van der Waals surface area contributed by atoms with Crippen molar-refractivity contribution >= 4 is 0 Å². The summed E-state index contributed by atoms with van der Waals surface area (Å²) in [5.74, 6) is -0.855. The van der Waals surface area contributed by atoms with Crippen molar-refractivity contribution in [2.75, 3.05) is 0 Å². The standard InChI is InChI=1S/C28H24N2O2/c1-19-18-24(23-14-8-9-17-29-23)30-27-22(19)15-16-28(27)31-25(20-10-4-2-5-11-20)26(32-28)21-12-6-3-7-13-21/h2-14,17-18,25-26H,15-16H2,1H3/t25-,26-/m0/s1. The highest BCUT2D eigenvalue weighted by molar-refractivity contribution is 5.57. The molecule has 1 aliphatic carbocycles. The first-order valence-corrected chi connectivity index (χ1v) is 11.1. The van der Waals surface area contributed by atoms with Crippen LogP contribution >= 0.6 is 0 Å². The van der Waals surface area contributed by atoms with Crippen LogP contribution in [0.5, 0.6) is 0 Å². The number of ether oxygens (including phenoxy) is 2. The number of aryl methyl sites for hydroxylation is 1. The van der Waals surface area contributed by atoms with Gasteiger partial charge in [0.15, 0.2) is 0 Å². The van der Waals surface area contributed by atoms with Crippen molar-refractivity contribution in [3.63, 3.8) is 0 Å². The minimum atomic E-state index is -0.855. The molecular formula is C28H24N2O2. The molecule has 0 saturated carbocycles. The van der Waals surface area contributed by atoms with Crippen LogP contribution in [-0.4, -0.2) is 9.97 Å². The Morgan fingerprint density at radius 3 is 2.00 bits per heavy atom. The summed E-state index contributed by atoms with van der Waals surface area (Å²) in [6.45, 7) is 2.14. The maximum absolute atomic E-state index is 6.83. The monoisotopic (exact) mass is 420 g/mol. The van der Waals surface area contributed by atoms with E-state index in [-0.39, 0.29) is 12.2 Å². The Balaban J connectivity index is 1.47. The van der Waals surface area contributed by atoms with Gasteiger partial charge in [-0.05, 0) is 53.8 Å². The van der Waals surface area contributed by atoms with Gasteiger partial charge in [-0.25, -0.2) is 4.98 Å². The van der Waals surface area contributed by atoms with Crippen LogP contribution in [0.4, 0.5) is 0 Å². The minimum Gasteiger partial charge on any atom is -0.333 e. The highest BCUT2D eigenvalue weighted by atomic mass is 16.8. The molecule has 0 N–H and O–H groups in total. The molecule has 2 aromatic carbocycles. The molecule has 32 heavy (non-hydrogen) atoms. The van der Waals surface area contributed by atoms with E-state index in [9.17, 15) is 0 Å². The lowest BCUT2D eigenvalue weighted by molar-refractivity contribution is -0.186.